The molecule has 1 aliphatic rings. The standard InChI is InChI=1S/C19H28FN3OS.HI/c1-2-21-19(23-12-8-16-9-13-24-14-10-16)22-11-3-15-25-18-6-4-17(20)5-7-18;/h4-7,9H,2-3,8,10-15H2,1H3,(H2,21,22,23);1H. The van der Waals surface area contributed by atoms with E-state index in [1.807, 2.05) is 12.1 Å². The Kier molecular flexibility index (Phi) is 12.8. The normalized spacial score (nSPS) is 14.4. The Morgan fingerprint density at radius 1 is 1.27 bits per heavy atom. The molecule has 1 aliphatic heterocycles. The summed E-state index contributed by atoms with van der Waals surface area (Å²) in [5.74, 6) is 1.66. The molecular weight excluding hydrogens is 464 g/mol. The molecule has 7 heteroatoms. The van der Waals surface area contributed by atoms with Crippen LogP contribution in [0.15, 0.2) is 45.8 Å². The van der Waals surface area contributed by atoms with Crippen LogP contribution in [-0.4, -0.2) is 44.6 Å². The third-order valence-electron chi connectivity index (χ3n) is 3.79. The zero-order chi connectivity index (χ0) is 17.7. The summed E-state index contributed by atoms with van der Waals surface area (Å²) in [5.41, 5.74) is 1.46. The number of guanidine groups is 1. The maximum atomic E-state index is 12.9. The fraction of sp³-hybridized carbons (Fsp3) is 0.526. The Morgan fingerprint density at radius 2 is 2.08 bits per heavy atom. The minimum Gasteiger partial charge on any atom is -0.377 e. The zero-order valence-corrected chi connectivity index (χ0v) is 18.4. The van der Waals surface area contributed by atoms with Crippen LogP contribution in [-0.2, 0) is 4.74 Å². The van der Waals surface area contributed by atoms with Gasteiger partial charge < -0.3 is 15.4 Å². The quantitative estimate of drug-likeness (QED) is 0.135. The average molecular weight is 493 g/mol. The predicted molar refractivity (Wildman–Crippen MR) is 119 cm³/mol. The highest BCUT2D eigenvalue weighted by Crippen LogP contribution is 2.18. The lowest BCUT2D eigenvalue weighted by molar-refractivity contribution is 0.153. The van der Waals surface area contributed by atoms with Crippen molar-refractivity contribution in [3.05, 3.63) is 41.7 Å². The Morgan fingerprint density at radius 3 is 2.77 bits per heavy atom. The first-order valence-corrected chi connectivity index (χ1v) is 9.92. The van der Waals surface area contributed by atoms with Gasteiger partial charge in [0.15, 0.2) is 5.96 Å². The molecular formula is C19H29FIN3OS. The molecule has 0 amide bonds. The van der Waals surface area contributed by atoms with E-state index in [1.54, 1.807) is 11.8 Å². The number of nitrogens with zero attached hydrogens (tertiary/aromatic N) is 1. The van der Waals surface area contributed by atoms with Crippen LogP contribution in [0.5, 0.6) is 0 Å². The number of halogens is 2. The minimum absolute atomic E-state index is 0. The molecule has 1 aromatic carbocycles. The van der Waals surface area contributed by atoms with E-state index in [4.69, 9.17) is 4.74 Å². The molecule has 0 fully saturated rings. The van der Waals surface area contributed by atoms with Crippen molar-refractivity contribution < 1.29 is 9.13 Å². The van der Waals surface area contributed by atoms with E-state index in [0.29, 0.717) is 0 Å². The van der Waals surface area contributed by atoms with Gasteiger partial charge in [-0.3, -0.25) is 4.99 Å². The number of nitrogens with one attached hydrogen (secondary N) is 2. The summed E-state index contributed by atoms with van der Waals surface area (Å²) in [7, 11) is 0. The second-order valence-corrected chi connectivity index (χ2v) is 6.95. The molecule has 1 aromatic rings. The molecule has 1 heterocycles. The first-order chi connectivity index (χ1) is 12.3. The maximum Gasteiger partial charge on any atom is 0.191 e. The smallest absolute Gasteiger partial charge is 0.191 e. The Hall–Kier alpha value is -0.800. The van der Waals surface area contributed by atoms with Gasteiger partial charge in [0, 0.05) is 24.5 Å². The number of hydrogen-bond donors (Lipinski definition) is 2. The molecule has 0 unspecified atom stereocenters. The maximum absolute atomic E-state index is 12.9. The van der Waals surface area contributed by atoms with Gasteiger partial charge in [0.05, 0.1) is 13.2 Å². The number of rotatable bonds is 9. The molecule has 0 aromatic heterocycles. The van der Waals surface area contributed by atoms with E-state index < -0.39 is 0 Å². The molecule has 0 bridgehead atoms. The lowest BCUT2D eigenvalue weighted by Crippen LogP contribution is -2.38. The summed E-state index contributed by atoms with van der Waals surface area (Å²) in [5, 5.41) is 6.67. The molecule has 146 valence electrons. The van der Waals surface area contributed by atoms with Crippen LogP contribution in [0.3, 0.4) is 0 Å². The van der Waals surface area contributed by atoms with Crippen LogP contribution in [0.25, 0.3) is 0 Å². The lowest BCUT2D eigenvalue weighted by atomic mass is 10.1. The number of thioether (sulfide) groups is 1. The summed E-state index contributed by atoms with van der Waals surface area (Å²) < 4.78 is 18.2. The fourth-order valence-electron chi connectivity index (χ4n) is 2.45. The van der Waals surface area contributed by atoms with Gasteiger partial charge >= 0.3 is 0 Å². The van der Waals surface area contributed by atoms with Crippen molar-refractivity contribution in [2.45, 2.75) is 31.1 Å². The van der Waals surface area contributed by atoms with Crippen molar-refractivity contribution >= 4 is 41.7 Å². The van der Waals surface area contributed by atoms with E-state index >= 15 is 0 Å². The fourth-order valence-corrected chi connectivity index (χ4v) is 3.29. The van der Waals surface area contributed by atoms with Crippen LogP contribution in [0.2, 0.25) is 0 Å². The van der Waals surface area contributed by atoms with E-state index in [9.17, 15) is 4.39 Å². The largest absolute Gasteiger partial charge is 0.377 e. The number of hydrogen-bond acceptors (Lipinski definition) is 3. The molecule has 0 saturated carbocycles. The van der Waals surface area contributed by atoms with Crippen molar-refractivity contribution in [2.75, 3.05) is 38.6 Å². The molecule has 0 spiro atoms. The monoisotopic (exact) mass is 493 g/mol. The topological polar surface area (TPSA) is 45.7 Å². The van der Waals surface area contributed by atoms with Gasteiger partial charge in [-0.2, -0.15) is 0 Å². The van der Waals surface area contributed by atoms with E-state index in [2.05, 4.69) is 28.6 Å². The van der Waals surface area contributed by atoms with Crippen molar-refractivity contribution in [1.29, 1.82) is 0 Å². The zero-order valence-electron chi connectivity index (χ0n) is 15.3. The van der Waals surface area contributed by atoms with Crippen molar-refractivity contribution in [3.8, 4) is 0 Å². The van der Waals surface area contributed by atoms with Crippen LogP contribution < -0.4 is 10.6 Å². The van der Waals surface area contributed by atoms with Gasteiger partial charge in [-0.15, -0.1) is 35.7 Å². The average Bonchev–Trinajstić information content (AvgIpc) is 2.64. The first-order valence-electron chi connectivity index (χ1n) is 8.94. The van der Waals surface area contributed by atoms with Gasteiger partial charge in [-0.25, -0.2) is 4.39 Å². The highest BCUT2D eigenvalue weighted by molar-refractivity contribution is 14.0. The molecule has 4 nitrogen and oxygen atoms in total. The molecule has 2 rings (SSSR count). The molecule has 0 radical (unpaired) electrons. The van der Waals surface area contributed by atoms with Crippen LogP contribution >= 0.6 is 35.7 Å². The Bertz CT molecular complexity index is 566. The third kappa shape index (κ3) is 9.78. The Balaban J connectivity index is 0.00000338. The summed E-state index contributed by atoms with van der Waals surface area (Å²) in [6.07, 6.45) is 5.24. The van der Waals surface area contributed by atoms with Gasteiger partial charge in [-0.1, -0.05) is 11.6 Å². The predicted octanol–water partition coefficient (Wildman–Crippen LogP) is 4.22. The summed E-state index contributed by atoms with van der Waals surface area (Å²) in [6.45, 7) is 6.18. The van der Waals surface area contributed by atoms with Gasteiger partial charge in [0.25, 0.3) is 0 Å². The van der Waals surface area contributed by atoms with Crippen LogP contribution in [0.4, 0.5) is 4.39 Å². The molecule has 26 heavy (non-hydrogen) atoms. The first kappa shape index (κ1) is 23.2. The number of benzene rings is 1. The van der Waals surface area contributed by atoms with E-state index in [1.165, 1.54) is 17.7 Å². The SMILES string of the molecule is CCNC(=NCCCSc1ccc(F)cc1)NCCC1=CCOCC1.I. The highest BCUT2D eigenvalue weighted by Gasteiger charge is 2.04. The summed E-state index contributed by atoms with van der Waals surface area (Å²) >= 11 is 1.73. The number of ether oxygens (including phenoxy) is 1. The molecule has 0 atom stereocenters. The molecule has 0 aliphatic carbocycles. The third-order valence-corrected chi connectivity index (χ3v) is 4.89. The minimum atomic E-state index is -0.188. The second-order valence-electron chi connectivity index (χ2n) is 5.78. The van der Waals surface area contributed by atoms with Crippen LogP contribution in [0.1, 0.15) is 26.2 Å². The van der Waals surface area contributed by atoms with Gasteiger partial charge in [-0.05, 0) is 56.2 Å². The van der Waals surface area contributed by atoms with Crippen molar-refractivity contribution in [2.24, 2.45) is 4.99 Å². The van der Waals surface area contributed by atoms with Crippen LogP contribution in [0, 0.1) is 5.82 Å². The van der Waals surface area contributed by atoms with Gasteiger partial charge in [0.2, 0.25) is 0 Å². The molecule has 2 N–H and O–H groups in total. The van der Waals surface area contributed by atoms with E-state index in [0.717, 1.165) is 68.7 Å². The van der Waals surface area contributed by atoms with Crippen molar-refractivity contribution in [1.82, 2.24) is 10.6 Å². The number of aliphatic imine (C=N–C) groups is 1. The lowest BCUT2D eigenvalue weighted by Gasteiger charge is -2.15. The second kappa shape index (κ2) is 14.3. The summed E-state index contributed by atoms with van der Waals surface area (Å²) in [6, 6.07) is 6.64. The van der Waals surface area contributed by atoms with Gasteiger partial charge in [0.1, 0.15) is 5.82 Å². The summed E-state index contributed by atoms with van der Waals surface area (Å²) in [4.78, 5) is 5.72. The Labute approximate surface area is 177 Å². The molecule has 0 saturated heterocycles. The van der Waals surface area contributed by atoms with Crippen molar-refractivity contribution in [3.63, 3.8) is 0 Å². The highest BCUT2D eigenvalue weighted by atomic mass is 127. The van der Waals surface area contributed by atoms with E-state index in [-0.39, 0.29) is 29.8 Å².